The lowest BCUT2D eigenvalue weighted by molar-refractivity contribution is -0.0501. The molecular formula is C31H33F3N6O7S2. The topological polar surface area (TPSA) is 167 Å². The molecule has 13 nitrogen and oxygen atoms in total. The highest BCUT2D eigenvalue weighted by Gasteiger charge is 2.49. The summed E-state index contributed by atoms with van der Waals surface area (Å²) in [6.45, 7) is 8.79. The average Bonchev–Trinajstić information content (AvgIpc) is 3.76. The summed E-state index contributed by atoms with van der Waals surface area (Å²) in [7, 11) is -6.17. The van der Waals surface area contributed by atoms with Gasteiger partial charge < -0.3 is 23.6 Å². The second-order valence-corrected chi connectivity index (χ2v) is 15.0. The van der Waals surface area contributed by atoms with Crippen LogP contribution in [-0.2, 0) is 26.8 Å². The number of pyridine rings is 1. The van der Waals surface area contributed by atoms with E-state index in [4.69, 9.17) is 9.15 Å². The third kappa shape index (κ3) is 8.36. The number of benzene rings is 1. The SMILES string of the molecule is Cc1csc([C@H]2CCCN2C(=O)c2cc(OS(=O)(=O)C(F)(F)F)nc(-c3nnc([C@](C)(Cc4ccccc4)NC(=O)OC(C)(C)C)o3)c2)n1. The fourth-order valence-corrected chi connectivity index (χ4v) is 6.50. The minimum absolute atomic E-state index is 0.139. The highest BCUT2D eigenvalue weighted by atomic mass is 32.2. The van der Waals surface area contributed by atoms with Crippen LogP contribution in [0.2, 0.25) is 0 Å². The van der Waals surface area contributed by atoms with Crippen molar-refractivity contribution in [2.24, 2.45) is 0 Å². The molecule has 0 bridgehead atoms. The average molecular weight is 723 g/mol. The van der Waals surface area contributed by atoms with Crippen LogP contribution in [0.4, 0.5) is 18.0 Å². The maximum Gasteiger partial charge on any atom is 0.534 e. The summed E-state index contributed by atoms with van der Waals surface area (Å²) < 4.78 is 79.5. The predicted molar refractivity (Wildman–Crippen MR) is 170 cm³/mol. The summed E-state index contributed by atoms with van der Waals surface area (Å²) in [5.41, 5.74) is -7.04. The normalized spacial score (nSPS) is 16.7. The maximum atomic E-state index is 13.9. The van der Waals surface area contributed by atoms with E-state index in [0.717, 1.165) is 17.3 Å². The maximum absolute atomic E-state index is 13.9. The van der Waals surface area contributed by atoms with Gasteiger partial charge in [0.25, 0.3) is 11.8 Å². The molecule has 1 aromatic carbocycles. The number of amides is 2. The number of carbonyl (C=O) groups is 2. The van der Waals surface area contributed by atoms with E-state index in [1.54, 1.807) is 39.8 Å². The Labute approximate surface area is 284 Å². The minimum atomic E-state index is -6.17. The van der Waals surface area contributed by atoms with Crippen LogP contribution in [0.25, 0.3) is 11.6 Å². The number of ether oxygens (including phenoxy) is 1. The number of alkyl carbamates (subject to hydrolysis) is 1. The van der Waals surface area contributed by atoms with E-state index < -0.39 is 56.6 Å². The Bertz CT molecular complexity index is 1940. The predicted octanol–water partition coefficient (Wildman–Crippen LogP) is 6.08. The first-order valence-corrected chi connectivity index (χ1v) is 17.3. The van der Waals surface area contributed by atoms with Crippen molar-refractivity contribution in [2.45, 2.75) is 76.6 Å². The Morgan fingerprint density at radius 1 is 1.08 bits per heavy atom. The van der Waals surface area contributed by atoms with Crippen LogP contribution in [0.15, 0.2) is 52.3 Å². The molecule has 0 aliphatic carbocycles. The first-order chi connectivity index (χ1) is 22.8. The van der Waals surface area contributed by atoms with Gasteiger partial charge in [0.2, 0.25) is 11.8 Å². The molecule has 0 spiro atoms. The number of carbonyl (C=O) groups excluding carboxylic acids is 2. The highest BCUT2D eigenvalue weighted by molar-refractivity contribution is 7.87. The molecule has 1 aliphatic rings. The lowest BCUT2D eigenvalue weighted by Gasteiger charge is -2.29. The summed E-state index contributed by atoms with van der Waals surface area (Å²) in [4.78, 5) is 36.6. The van der Waals surface area contributed by atoms with E-state index in [-0.39, 0.29) is 23.6 Å². The molecule has 2 amide bonds. The summed E-state index contributed by atoms with van der Waals surface area (Å²) >= 11 is 1.37. The molecule has 2 atom stereocenters. The van der Waals surface area contributed by atoms with Crippen molar-refractivity contribution in [1.82, 2.24) is 30.4 Å². The molecule has 0 saturated carbocycles. The molecule has 4 heterocycles. The molecule has 1 saturated heterocycles. The van der Waals surface area contributed by atoms with Crippen molar-refractivity contribution in [3.05, 3.63) is 75.6 Å². The number of hydrogen-bond acceptors (Lipinski definition) is 12. The van der Waals surface area contributed by atoms with Crippen molar-refractivity contribution in [3.63, 3.8) is 0 Å². The minimum Gasteiger partial charge on any atom is -0.444 e. The molecule has 0 unspecified atom stereocenters. The number of likely N-dealkylation sites (tertiary alicyclic amines) is 1. The molecule has 5 rings (SSSR count). The molecule has 1 fully saturated rings. The largest absolute Gasteiger partial charge is 0.534 e. The van der Waals surface area contributed by atoms with Gasteiger partial charge in [-0.3, -0.25) is 4.79 Å². The standard InChI is InChI=1S/C31H33F3N6O7S2/c1-18-17-48-25(35-18)22-12-9-13-40(22)26(41)20-14-21(36-23(15-20)47-49(43,44)31(32,33)34)24-38-39-27(45-24)30(5,16-19-10-7-6-8-11-19)37-28(42)46-29(2,3)4/h6-8,10-11,14-15,17,22H,9,12-13,16H2,1-5H3,(H,37,42)/t22-,30+/m1/s1. The van der Waals surface area contributed by atoms with Gasteiger partial charge in [-0.25, -0.2) is 14.8 Å². The van der Waals surface area contributed by atoms with Crippen LogP contribution in [0, 0.1) is 6.92 Å². The Balaban J connectivity index is 1.55. The van der Waals surface area contributed by atoms with Crippen molar-refractivity contribution in [2.75, 3.05) is 6.54 Å². The summed E-state index contributed by atoms with van der Waals surface area (Å²) in [6.07, 6.45) is 0.585. The fourth-order valence-electron chi connectivity index (χ4n) is 5.15. The van der Waals surface area contributed by atoms with Gasteiger partial charge in [-0.15, -0.1) is 21.5 Å². The number of aromatic nitrogens is 4. The zero-order valence-electron chi connectivity index (χ0n) is 27.1. The van der Waals surface area contributed by atoms with Gasteiger partial charge in [0, 0.05) is 35.7 Å². The molecule has 1 N–H and O–H groups in total. The lowest BCUT2D eigenvalue weighted by atomic mass is 9.92. The Kier molecular flexibility index (Phi) is 9.75. The van der Waals surface area contributed by atoms with Gasteiger partial charge >= 0.3 is 21.7 Å². The Morgan fingerprint density at radius 3 is 2.43 bits per heavy atom. The molecule has 262 valence electrons. The van der Waals surface area contributed by atoms with Crippen molar-refractivity contribution < 1.29 is 44.5 Å². The summed E-state index contributed by atoms with van der Waals surface area (Å²) in [6, 6.07) is 10.6. The smallest absolute Gasteiger partial charge is 0.444 e. The monoisotopic (exact) mass is 722 g/mol. The summed E-state index contributed by atoms with van der Waals surface area (Å²) in [5.74, 6) is -2.20. The molecule has 49 heavy (non-hydrogen) atoms. The van der Waals surface area contributed by atoms with E-state index >= 15 is 0 Å². The summed E-state index contributed by atoms with van der Waals surface area (Å²) in [5, 5.41) is 13.4. The number of hydrogen-bond donors (Lipinski definition) is 1. The first-order valence-electron chi connectivity index (χ1n) is 15.0. The number of rotatable bonds is 9. The lowest BCUT2D eigenvalue weighted by Crippen LogP contribution is -2.47. The molecule has 1 aliphatic heterocycles. The first kappa shape index (κ1) is 35.7. The number of aryl methyl sites for hydroxylation is 1. The third-order valence-corrected chi connectivity index (χ3v) is 9.28. The van der Waals surface area contributed by atoms with Gasteiger partial charge in [-0.1, -0.05) is 30.3 Å². The van der Waals surface area contributed by atoms with Gasteiger partial charge in [0.15, 0.2) is 0 Å². The van der Waals surface area contributed by atoms with Crippen LogP contribution in [-0.4, -0.2) is 63.1 Å². The molecule has 18 heteroatoms. The number of halogens is 3. The second-order valence-electron chi connectivity index (χ2n) is 12.6. The number of nitrogens with zero attached hydrogens (tertiary/aromatic N) is 5. The van der Waals surface area contributed by atoms with Crippen LogP contribution in [0.3, 0.4) is 0 Å². The fraction of sp³-hybridized carbons (Fsp3) is 0.419. The van der Waals surface area contributed by atoms with Gasteiger partial charge in [0.1, 0.15) is 21.8 Å². The van der Waals surface area contributed by atoms with E-state index in [1.807, 2.05) is 30.5 Å². The second kappa shape index (κ2) is 13.4. The van der Waals surface area contributed by atoms with Gasteiger partial charge in [0.05, 0.1) is 6.04 Å². The van der Waals surface area contributed by atoms with Gasteiger partial charge in [-0.05, 0) is 59.1 Å². The van der Waals surface area contributed by atoms with Crippen LogP contribution < -0.4 is 9.50 Å². The molecule has 0 radical (unpaired) electrons. The zero-order valence-corrected chi connectivity index (χ0v) is 28.7. The number of alkyl halides is 3. The van der Waals surface area contributed by atoms with E-state index in [2.05, 4.69) is 29.7 Å². The van der Waals surface area contributed by atoms with E-state index in [1.165, 1.54) is 22.3 Å². The molecule has 3 aromatic heterocycles. The van der Waals surface area contributed by atoms with E-state index in [0.29, 0.717) is 24.4 Å². The van der Waals surface area contributed by atoms with E-state index in [9.17, 15) is 31.2 Å². The highest BCUT2D eigenvalue weighted by Crippen LogP contribution is 2.36. The third-order valence-electron chi connectivity index (χ3n) is 7.26. The van der Waals surface area contributed by atoms with Crippen molar-refractivity contribution >= 4 is 33.5 Å². The van der Waals surface area contributed by atoms with Crippen LogP contribution >= 0.6 is 11.3 Å². The van der Waals surface area contributed by atoms with Crippen LogP contribution in [0.1, 0.15) is 79.1 Å². The Hall–Kier alpha value is -4.58. The molecular weight excluding hydrogens is 690 g/mol. The van der Waals surface area contributed by atoms with Gasteiger partial charge in [-0.2, -0.15) is 21.6 Å². The zero-order chi connectivity index (χ0) is 35.8. The van der Waals surface area contributed by atoms with Crippen molar-refractivity contribution in [1.29, 1.82) is 0 Å². The number of nitrogens with one attached hydrogen (secondary N) is 1. The molecule has 4 aromatic rings. The number of thiazole rings is 1. The Morgan fingerprint density at radius 2 is 1.80 bits per heavy atom. The quantitative estimate of drug-likeness (QED) is 0.157. The van der Waals surface area contributed by atoms with Crippen molar-refractivity contribution in [3.8, 4) is 17.5 Å². The van der Waals surface area contributed by atoms with Crippen LogP contribution in [0.5, 0.6) is 5.88 Å².